The van der Waals surface area contributed by atoms with Crippen LogP contribution in [0.1, 0.15) is 11.1 Å². The highest BCUT2D eigenvalue weighted by atomic mass is 79.9. The van der Waals surface area contributed by atoms with Crippen molar-refractivity contribution in [2.45, 2.75) is 6.92 Å². The van der Waals surface area contributed by atoms with Crippen LogP contribution < -0.4 is 10.6 Å². The van der Waals surface area contributed by atoms with Crippen LogP contribution in [0, 0.1) is 6.92 Å². The Bertz CT molecular complexity index is 1000. The van der Waals surface area contributed by atoms with Crippen LogP contribution in [-0.4, -0.2) is 34.4 Å². The number of carbonyl (C=O) groups excluding carboxylic acids is 3. The van der Waals surface area contributed by atoms with Gasteiger partial charge in [0.15, 0.2) is 0 Å². The van der Waals surface area contributed by atoms with Gasteiger partial charge in [0, 0.05) is 16.3 Å². The molecule has 3 rings (SSSR count). The van der Waals surface area contributed by atoms with Crippen molar-refractivity contribution < 1.29 is 19.5 Å². The number of carbonyl (C=O) groups is 3. The number of hydrogen-bond acceptors (Lipinski definition) is 4. The van der Waals surface area contributed by atoms with Gasteiger partial charge in [-0.15, -0.1) is 0 Å². The van der Waals surface area contributed by atoms with Crippen molar-refractivity contribution in [3.63, 3.8) is 0 Å². The van der Waals surface area contributed by atoms with Crippen molar-refractivity contribution in [1.82, 2.24) is 10.2 Å². The molecule has 144 valence electrons. The zero-order valence-corrected chi connectivity index (χ0v) is 17.0. The standard InChI is InChI=1S/C19H15BrClN3O4/c1-10-2-4-13(5-3-10)22-16(25)9-24-18(27)15(23-19(24)28)7-11-6-12(21)8-14(20)17(11)26/h2-8,26H,9H2,1H3,(H,22,25)(H,23,28)/b15-7+. The second kappa shape index (κ2) is 8.04. The summed E-state index contributed by atoms with van der Waals surface area (Å²) < 4.78 is 0.345. The Morgan fingerprint density at radius 1 is 1.29 bits per heavy atom. The first-order valence-corrected chi connectivity index (χ1v) is 9.31. The zero-order chi connectivity index (χ0) is 20.4. The van der Waals surface area contributed by atoms with Gasteiger partial charge in [0.25, 0.3) is 5.91 Å². The van der Waals surface area contributed by atoms with Crippen molar-refractivity contribution in [1.29, 1.82) is 0 Å². The van der Waals surface area contributed by atoms with Gasteiger partial charge in [-0.05, 0) is 53.2 Å². The maximum Gasteiger partial charge on any atom is 0.329 e. The van der Waals surface area contributed by atoms with E-state index in [1.54, 1.807) is 12.1 Å². The molecule has 0 unspecified atom stereocenters. The van der Waals surface area contributed by atoms with Gasteiger partial charge in [-0.2, -0.15) is 0 Å². The molecule has 7 nitrogen and oxygen atoms in total. The number of imide groups is 1. The average Bonchev–Trinajstić information content (AvgIpc) is 2.88. The summed E-state index contributed by atoms with van der Waals surface area (Å²) in [5, 5.41) is 15.4. The van der Waals surface area contributed by atoms with E-state index in [-0.39, 0.29) is 17.0 Å². The number of nitrogens with one attached hydrogen (secondary N) is 2. The monoisotopic (exact) mass is 463 g/mol. The van der Waals surface area contributed by atoms with Crippen LogP contribution in [0.3, 0.4) is 0 Å². The zero-order valence-electron chi connectivity index (χ0n) is 14.6. The van der Waals surface area contributed by atoms with Crippen LogP contribution in [0.5, 0.6) is 5.75 Å². The van der Waals surface area contributed by atoms with Crippen molar-refractivity contribution in [3.8, 4) is 5.75 Å². The molecule has 0 saturated carbocycles. The average molecular weight is 465 g/mol. The van der Waals surface area contributed by atoms with Gasteiger partial charge in [0.1, 0.15) is 18.0 Å². The molecule has 4 amide bonds. The third-order valence-electron chi connectivity index (χ3n) is 3.96. The topological polar surface area (TPSA) is 98.7 Å². The summed E-state index contributed by atoms with van der Waals surface area (Å²) >= 11 is 9.11. The lowest BCUT2D eigenvalue weighted by Crippen LogP contribution is -2.38. The fourth-order valence-electron chi connectivity index (χ4n) is 2.55. The molecule has 3 N–H and O–H groups in total. The van der Waals surface area contributed by atoms with E-state index in [4.69, 9.17) is 11.6 Å². The van der Waals surface area contributed by atoms with E-state index < -0.39 is 24.4 Å². The molecular weight excluding hydrogens is 450 g/mol. The Morgan fingerprint density at radius 3 is 2.64 bits per heavy atom. The van der Waals surface area contributed by atoms with Crippen LogP contribution in [0.4, 0.5) is 10.5 Å². The molecule has 1 fully saturated rings. The Kier molecular flexibility index (Phi) is 5.71. The van der Waals surface area contributed by atoms with Crippen LogP contribution in [-0.2, 0) is 9.59 Å². The largest absolute Gasteiger partial charge is 0.506 e. The predicted molar refractivity (Wildman–Crippen MR) is 109 cm³/mol. The van der Waals surface area contributed by atoms with Crippen LogP contribution in [0.2, 0.25) is 5.02 Å². The van der Waals surface area contributed by atoms with E-state index in [1.807, 2.05) is 19.1 Å². The molecule has 0 aromatic heterocycles. The summed E-state index contributed by atoms with van der Waals surface area (Å²) in [6.07, 6.45) is 1.30. The van der Waals surface area contributed by atoms with Gasteiger partial charge < -0.3 is 15.7 Å². The first-order chi connectivity index (χ1) is 13.2. The number of urea groups is 1. The first-order valence-electron chi connectivity index (χ1n) is 8.13. The predicted octanol–water partition coefficient (Wildman–Crippen LogP) is 3.65. The summed E-state index contributed by atoms with van der Waals surface area (Å²) in [4.78, 5) is 37.6. The van der Waals surface area contributed by atoms with Crippen LogP contribution in [0.15, 0.2) is 46.6 Å². The van der Waals surface area contributed by atoms with Crippen molar-refractivity contribution >= 4 is 57.1 Å². The molecule has 0 radical (unpaired) electrons. The maximum atomic E-state index is 12.5. The van der Waals surface area contributed by atoms with E-state index >= 15 is 0 Å². The summed E-state index contributed by atoms with van der Waals surface area (Å²) in [5.41, 5.74) is 1.77. The number of phenols is 1. The van der Waals surface area contributed by atoms with Crippen LogP contribution in [0.25, 0.3) is 6.08 Å². The van der Waals surface area contributed by atoms with Gasteiger partial charge in [0.2, 0.25) is 5.91 Å². The minimum absolute atomic E-state index is 0.0717. The quantitative estimate of drug-likeness (QED) is 0.475. The summed E-state index contributed by atoms with van der Waals surface area (Å²) in [5.74, 6) is -1.32. The number of halogens is 2. The van der Waals surface area contributed by atoms with Gasteiger partial charge in [-0.25, -0.2) is 9.69 Å². The van der Waals surface area contributed by atoms with Crippen molar-refractivity contribution in [2.24, 2.45) is 0 Å². The minimum Gasteiger partial charge on any atom is -0.506 e. The van der Waals surface area contributed by atoms with E-state index in [0.29, 0.717) is 15.2 Å². The molecule has 0 aliphatic carbocycles. The number of aryl methyl sites for hydroxylation is 1. The summed E-state index contributed by atoms with van der Waals surface area (Å²) in [6, 6.07) is 9.33. The Morgan fingerprint density at radius 2 is 1.96 bits per heavy atom. The molecule has 1 aliphatic heterocycles. The van der Waals surface area contributed by atoms with E-state index in [0.717, 1.165) is 10.5 Å². The molecule has 1 aliphatic rings. The lowest BCUT2D eigenvalue weighted by Gasteiger charge is -2.12. The maximum absolute atomic E-state index is 12.5. The lowest BCUT2D eigenvalue weighted by atomic mass is 10.1. The first kappa shape index (κ1) is 19.9. The van der Waals surface area contributed by atoms with E-state index in [1.165, 1.54) is 18.2 Å². The fraction of sp³-hybridized carbons (Fsp3) is 0.105. The van der Waals surface area contributed by atoms with Crippen LogP contribution >= 0.6 is 27.5 Å². The third kappa shape index (κ3) is 4.35. The molecule has 0 atom stereocenters. The van der Waals surface area contributed by atoms with Gasteiger partial charge in [0.05, 0.1) is 4.47 Å². The number of nitrogens with zero attached hydrogens (tertiary/aromatic N) is 1. The Balaban J connectivity index is 1.74. The molecule has 0 spiro atoms. The number of anilines is 1. The highest BCUT2D eigenvalue weighted by Crippen LogP contribution is 2.33. The second-order valence-corrected chi connectivity index (χ2v) is 7.41. The minimum atomic E-state index is -0.726. The number of phenolic OH excluding ortho intramolecular Hbond substituents is 1. The van der Waals surface area contributed by atoms with E-state index in [2.05, 4.69) is 26.6 Å². The summed E-state index contributed by atoms with van der Waals surface area (Å²) in [6.45, 7) is 1.48. The van der Waals surface area contributed by atoms with Crippen molar-refractivity contribution in [2.75, 3.05) is 11.9 Å². The number of rotatable bonds is 4. The third-order valence-corrected chi connectivity index (χ3v) is 4.78. The van der Waals surface area contributed by atoms with E-state index in [9.17, 15) is 19.5 Å². The molecule has 2 aromatic carbocycles. The number of aromatic hydroxyl groups is 1. The summed E-state index contributed by atoms with van der Waals surface area (Å²) in [7, 11) is 0. The van der Waals surface area contributed by atoms with Gasteiger partial charge in [-0.1, -0.05) is 29.3 Å². The normalized spacial score (nSPS) is 15.1. The number of hydrogen-bond donors (Lipinski definition) is 3. The molecular formula is C19H15BrClN3O4. The van der Waals surface area contributed by atoms with Crippen molar-refractivity contribution in [3.05, 3.63) is 62.7 Å². The smallest absolute Gasteiger partial charge is 0.329 e. The fourth-order valence-corrected chi connectivity index (χ4v) is 3.38. The van der Waals surface area contributed by atoms with Gasteiger partial charge in [-0.3, -0.25) is 9.59 Å². The Hall–Kier alpha value is -2.84. The molecule has 1 saturated heterocycles. The molecule has 28 heavy (non-hydrogen) atoms. The molecule has 2 aromatic rings. The molecule has 0 bridgehead atoms. The highest BCUT2D eigenvalue weighted by Gasteiger charge is 2.35. The highest BCUT2D eigenvalue weighted by molar-refractivity contribution is 9.10. The number of amides is 4. The number of benzene rings is 2. The second-order valence-electron chi connectivity index (χ2n) is 6.12. The molecule has 1 heterocycles. The molecule has 9 heteroatoms. The Labute approximate surface area is 174 Å². The van der Waals surface area contributed by atoms with Gasteiger partial charge >= 0.3 is 6.03 Å². The SMILES string of the molecule is Cc1ccc(NC(=O)CN2C(=O)N/C(=C/c3cc(Cl)cc(Br)c3O)C2=O)cc1. The lowest BCUT2D eigenvalue weighted by molar-refractivity contribution is -0.127.